The van der Waals surface area contributed by atoms with Crippen LogP contribution in [0.25, 0.3) is 21.8 Å². The second kappa shape index (κ2) is 7.69. The van der Waals surface area contributed by atoms with Crippen molar-refractivity contribution in [1.82, 2.24) is 15.2 Å². The van der Waals surface area contributed by atoms with Gasteiger partial charge in [0.1, 0.15) is 11.6 Å². The number of aromatic amines is 1. The zero-order chi connectivity index (χ0) is 22.6. The molecule has 2 amide bonds. The Morgan fingerprint density at radius 1 is 1.06 bits per heavy atom. The van der Waals surface area contributed by atoms with E-state index in [2.05, 4.69) is 10.3 Å². The van der Waals surface area contributed by atoms with Crippen molar-refractivity contribution in [3.8, 4) is 0 Å². The third kappa shape index (κ3) is 3.43. The highest BCUT2D eigenvalue weighted by Crippen LogP contribution is 2.36. The first-order chi connectivity index (χ1) is 15.3. The van der Waals surface area contributed by atoms with Crippen molar-refractivity contribution >= 4 is 33.6 Å². The van der Waals surface area contributed by atoms with Crippen LogP contribution in [0, 0.1) is 23.5 Å². The van der Waals surface area contributed by atoms with Crippen LogP contribution in [0.2, 0.25) is 0 Å². The van der Waals surface area contributed by atoms with Crippen LogP contribution in [0.1, 0.15) is 36.5 Å². The second-order valence-corrected chi connectivity index (χ2v) is 8.88. The third-order valence-corrected chi connectivity index (χ3v) is 6.94. The standard InChI is InChI=1S/C24H23F2N3O3/c1-12(30)29-10-13-3-2-4-20(19(13)11-29)28-24(32)18-9-15(26)8-17-22(18)27-21-6-5-14(25)7-16(21)23(17)31/h5-9,13,19-20H,2-4,10-11H2,1H3,(H,27,31)(H,28,32). The SMILES string of the molecule is CC(=O)N1CC2CCCC(NC(=O)c3cc(F)cc4c(=O)c5cc(F)ccc5[nH]c34)C2C1. The summed E-state index contributed by atoms with van der Waals surface area (Å²) in [6.07, 6.45) is 2.74. The normalized spacial score (nSPS) is 22.8. The summed E-state index contributed by atoms with van der Waals surface area (Å²) in [5.74, 6) is -1.24. The van der Waals surface area contributed by atoms with E-state index in [1.807, 2.05) is 4.90 Å². The van der Waals surface area contributed by atoms with E-state index in [1.165, 1.54) is 12.1 Å². The number of nitrogens with zero attached hydrogens (tertiary/aromatic N) is 1. The van der Waals surface area contributed by atoms with E-state index in [4.69, 9.17) is 0 Å². The molecule has 166 valence electrons. The molecule has 2 fully saturated rings. The fourth-order valence-corrected chi connectivity index (χ4v) is 5.35. The summed E-state index contributed by atoms with van der Waals surface area (Å²) in [6, 6.07) is 5.78. The molecule has 32 heavy (non-hydrogen) atoms. The van der Waals surface area contributed by atoms with E-state index in [0.717, 1.165) is 37.5 Å². The number of hydrogen-bond donors (Lipinski definition) is 2. The van der Waals surface area contributed by atoms with E-state index in [-0.39, 0.29) is 39.7 Å². The van der Waals surface area contributed by atoms with Crippen molar-refractivity contribution < 1.29 is 18.4 Å². The van der Waals surface area contributed by atoms with Gasteiger partial charge in [0.2, 0.25) is 5.91 Å². The molecule has 2 N–H and O–H groups in total. The molecule has 3 unspecified atom stereocenters. The molecule has 3 atom stereocenters. The van der Waals surface area contributed by atoms with Crippen LogP contribution < -0.4 is 10.7 Å². The van der Waals surface area contributed by atoms with Gasteiger partial charge in [0.25, 0.3) is 5.91 Å². The Balaban J connectivity index is 1.52. The van der Waals surface area contributed by atoms with Gasteiger partial charge in [-0.1, -0.05) is 6.42 Å². The summed E-state index contributed by atoms with van der Waals surface area (Å²) in [5.41, 5.74) is 0.0895. The summed E-state index contributed by atoms with van der Waals surface area (Å²) in [5, 5.41) is 3.13. The van der Waals surface area contributed by atoms with E-state index in [9.17, 15) is 23.2 Å². The number of halogens is 2. The maximum Gasteiger partial charge on any atom is 0.253 e. The average Bonchev–Trinajstić information content (AvgIpc) is 3.20. The topological polar surface area (TPSA) is 82.3 Å². The quantitative estimate of drug-likeness (QED) is 0.601. The highest BCUT2D eigenvalue weighted by atomic mass is 19.1. The van der Waals surface area contributed by atoms with Gasteiger partial charge in [-0.3, -0.25) is 14.4 Å². The minimum absolute atomic E-state index is 0.00149. The van der Waals surface area contributed by atoms with E-state index >= 15 is 0 Å². The zero-order valence-electron chi connectivity index (χ0n) is 17.6. The van der Waals surface area contributed by atoms with Gasteiger partial charge >= 0.3 is 0 Å². The van der Waals surface area contributed by atoms with Crippen molar-refractivity contribution in [1.29, 1.82) is 0 Å². The molecule has 1 aromatic heterocycles. The van der Waals surface area contributed by atoms with E-state index < -0.39 is 23.0 Å². The van der Waals surface area contributed by atoms with Crippen LogP contribution in [0.15, 0.2) is 35.1 Å². The van der Waals surface area contributed by atoms with Crippen LogP contribution in [0.5, 0.6) is 0 Å². The lowest BCUT2D eigenvalue weighted by Gasteiger charge is -2.33. The van der Waals surface area contributed by atoms with Gasteiger partial charge in [-0.05, 0) is 49.1 Å². The molecule has 8 heteroatoms. The molecule has 0 spiro atoms. The lowest BCUT2D eigenvalue weighted by Crippen LogP contribution is -2.45. The van der Waals surface area contributed by atoms with E-state index in [0.29, 0.717) is 24.5 Å². The van der Waals surface area contributed by atoms with Gasteiger partial charge in [-0.2, -0.15) is 0 Å². The lowest BCUT2D eigenvalue weighted by molar-refractivity contribution is -0.128. The Morgan fingerprint density at radius 3 is 2.62 bits per heavy atom. The number of carbonyl (C=O) groups is 2. The number of carbonyl (C=O) groups excluding carboxylic acids is 2. The third-order valence-electron chi connectivity index (χ3n) is 6.94. The largest absolute Gasteiger partial charge is 0.354 e. The number of hydrogen-bond acceptors (Lipinski definition) is 3. The molecule has 3 aromatic rings. The lowest BCUT2D eigenvalue weighted by atomic mass is 9.78. The Kier molecular flexibility index (Phi) is 4.95. The van der Waals surface area contributed by atoms with Crippen molar-refractivity contribution in [3.05, 3.63) is 57.8 Å². The summed E-state index contributed by atoms with van der Waals surface area (Å²) in [6.45, 7) is 2.85. The van der Waals surface area contributed by atoms with Crippen LogP contribution in [0.3, 0.4) is 0 Å². The first kappa shape index (κ1) is 20.6. The molecule has 6 nitrogen and oxygen atoms in total. The summed E-state index contributed by atoms with van der Waals surface area (Å²) < 4.78 is 28.0. The van der Waals surface area contributed by atoms with Crippen LogP contribution in [-0.2, 0) is 4.79 Å². The minimum Gasteiger partial charge on any atom is -0.354 e. The molecule has 1 aliphatic heterocycles. The molecule has 2 aromatic carbocycles. The number of H-pyrrole nitrogens is 1. The number of rotatable bonds is 2. The fraction of sp³-hybridized carbons (Fsp3) is 0.375. The van der Waals surface area contributed by atoms with Gasteiger partial charge < -0.3 is 15.2 Å². The maximum atomic E-state index is 14.4. The smallest absolute Gasteiger partial charge is 0.253 e. The molecule has 1 saturated heterocycles. The van der Waals surface area contributed by atoms with Gasteiger partial charge in [-0.25, -0.2) is 8.78 Å². The average molecular weight is 439 g/mol. The summed E-state index contributed by atoms with van der Waals surface area (Å²) in [4.78, 5) is 42.8. The number of fused-ring (bicyclic) bond motifs is 3. The number of nitrogens with one attached hydrogen (secondary N) is 2. The molecule has 2 heterocycles. The van der Waals surface area contributed by atoms with Gasteiger partial charge in [0.15, 0.2) is 5.43 Å². The predicted molar refractivity (Wildman–Crippen MR) is 116 cm³/mol. The predicted octanol–water partition coefficient (Wildman–Crippen LogP) is 3.34. The monoisotopic (exact) mass is 439 g/mol. The molecular weight excluding hydrogens is 416 g/mol. The number of amides is 2. The second-order valence-electron chi connectivity index (χ2n) is 8.88. The van der Waals surface area contributed by atoms with Gasteiger partial charge in [0.05, 0.1) is 11.1 Å². The first-order valence-electron chi connectivity index (χ1n) is 10.8. The Labute approximate surface area is 182 Å². The number of aromatic nitrogens is 1. The fourth-order valence-electron chi connectivity index (χ4n) is 5.35. The van der Waals surface area contributed by atoms with Gasteiger partial charge in [-0.15, -0.1) is 0 Å². The molecular formula is C24H23F2N3O3. The number of likely N-dealkylation sites (tertiary alicyclic amines) is 1. The highest BCUT2D eigenvalue weighted by Gasteiger charge is 2.41. The molecule has 2 aliphatic rings. The van der Waals surface area contributed by atoms with Crippen LogP contribution in [-0.4, -0.2) is 40.8 Å². The molecule has 1 saturated carbocycles. The number of pyridine rings is 1. The summed E-state index contributed by atoms with van der Waals surface area (Å²) >= 11 is 0. The van der Waals surface area contributed by atoms with Crippen molar-refractivity contribution in [2.75, 3.05) is 13.1 Å². The van der Waals surface area contributed by atoms with Crippen molar-refractivity contribution in [3.63, 3.8) is 0 Å². The Hall–Kier alpha value is -3.29. The van der Waals surface area contributed by atoms with Crippen molar-refractivity contribution in [2.45, 2.75) is 32.2 Å². The van der Waals surface area contributed by atoms with E-state index in [1.54, 1.807) is 6.92 Å². The highest BCUT2D eigenvalue weighted by molar-refractivity contribution is 6.07. The minimum atomic E-state index is -0.714. The molecule has 1 aliphatic carbocycles. The molecule has 0 radical (unpaired) electrons. The maximum absolute atomic E-state index is 14.4. The van der Waals surface area contributed by atoms with Gasteiger partial charge in [0, 0.05) is 48.3 Å². The molecule has 5 rings (SSSR count). The Bertz CT molecular complexity index is 1320. The van der Waals surface area contributed by atoms with Crippen molar-refractivity contribution in [2.24, 2.45) is 11.8 Å². The van der Waals surface area contributed by atoms with Crippen LogP contribution >= 0.6 is 0 Å². The van der Waals surface area contributed by atoms with Crippen LogP contribution in [0.4, 0.5) is 8.78 Å². The first-order valence-corrected chi connectivity index (χ1v) is 10.8. The summed E-state index contributed by atoms with van der Waals surface area (Å²) in [7, 11) is 0. The zero-order valence-corrected chi connectivity index (χ0v) is 17.6. The molecule has 0 bridgehead atoms. The Morgan fingerprint density at radius 2 is 1.84 bits per heavy atom. The number of benzene rings is 2.